The van der Waals surface area contributed by atoms with E-state index in [4.69, 9.17) is 21.6 Å². The Labute approximate surface area is 98.8 Å². The van der Waals surface area contributed by atoms with Crippen molar-refractivity contribution in [3.8, 4) is 6.07 Å². The van der Waals surface area contributed by atoms with E-state index in [-0.39, 0.29) is 11.6 Å². The van der Waals surface area contributed by atoms with Gasteiger partial charge in [-0.05, 0) is 19.9 Å². The molecular weight excluding hydrogens is 228 g/mol. The monoisotopic (exact) mass is 238 g/mol. The molecule has 16 heavy (non-hydrogen) atoms. The summed E-state index contributed by atoms with van der Waals surface area (Å²) in [7, 11) is 0. The Morgan fingerprint density at radius 2 is 2.44 bits per heavy atom. The van der Waals surface area contributed by atoms with E-state index in [1.54, 1.807) is 13.0 Å². The van der Waals surface area contributed by atoms with Crippen LogP contribution in [0.1, 0.15) is 19.4 Å². The summed E-state index contributed by atoms with van der Waals surface area (Å²) < 4.78 is 4.87. The third-order valence-electron chi connectivity index (χ3n) is 2.22. The van der Waals surface area contributed by atoms with Crippen LogP contribution in [0.4, 0.5) is 0 Å². The third kappa shape index (κ3) is 2.15. The largest absolute Gasteiger partial charge is 0.465 e. The summed E-state index contributed by atoms with van der Waals surface area (Å²) in [4.78, 5) is 15.5. The molecule has 0 amide bonds. The molecule has 0 radical (unpaired) electrons. The van der Waals surface area contributed by atoms with Crippen molar-refractivity contribution >= 4 is 17.6 Å². The molecule has 0 fully saturated rings. The average molecular weight is 239 g/mol. The number of esters is 1. The fourth-order valence-corrected chi connectivity index (χ4v) is 1.58. The molecule has 1 atom stereocenters. The van der Waals surface area contributed by atoms with E-state index in [0.717, 1.165) is 0 Å². The van der Waals surface area contributed by atoms with Crippen molar-refractivity contribution < 1.29 is 9.53 Å². The maximum absolute atomic E-state index is 11.7. The molecule has 0 aromatic carbocycles. The van der Waals surface area contributed by atoms with Gasteiger partial charge < -0.3 is 4.74 Å². The number of hydrogen-bond donors (Lipinski definition) is 0. The number of ether oxygens (including phenoxy) is 1. The second kappa shape index (κ2) is 4.95. The molecule has 4 nitrogen and oxygen atoms in total. The molecule has 0 aliphatic rings. The molecule has 1 heterocycles. The Kier molecular flexibility index (Phi) is 3.86. The first-order chi connectivity index (χ1) is 7.56. The molecule has 1 aromatic heterocycles. The first kappa shape index (κ1) is 12.5. The average Bonchev–Trinajstić information content (AvgIpc) is 2.29. The quantitative estimate of drug-likeness (QED) is 0.757. The lowest BCUT2D eigenvalue weighted by Gasteiger charge is -2.20. The number of rotatable bonds is 3. The van der Waals surface area contributed by atoms with Gasteiger partial charge in [-0.25, -0.2) is 4.79 Å². The van der Waals surface area contributed by atoms with Crippen molar-refractivity contribution in [3.05, 3.63) is 29.0 Å². The Hall–Kier alpha value is -1.60. The van der Waals surface area contributed by atoms with Crippen molar-refractivity contribution in [1.82, 2.24) is 4.98 Å². The third-order valence-corrected chi connectivity index (χ3v) is 2.52. The van der Waals surface area contributed by atoms with E-state index in [0.29, 0.717) is 5.56 Å². The zero-order valence-electron chi connectivity index (χ0n) is 9.03. The van der Waals surface area contributed by atoms with Gasteiger partial charge in [-0.1, -0.05) is 11.6 Å². The summed E-state index contributed by atoms with van der Waals surface area (Å²) in [6, 6.07) is 3.48. The predicted octanol–water partition coefficient (Wildman–Crippen LogP) is 2.08. The van der Waals surface area contributed by atoms with Crippen molar-refractivity contribution in [3.63, 3.8) is 0 Å². The minimum atomic E-state index is -1.39. The van der Waals surface area contributed by atoms with Crippen LogP contribution in [-0.2, 0) is 14.9 Å². The SMILES string of the molecule is CCOC(=O)C(C)(C#N)c1ccncc1Cl. The van der Waals surface area contributed by atoms with Crippen LogP contribution in [0.2, 0.25) is 5.02 Å². The van der Waals surface area contributed by atoms with Crippen LogP contribution in [0, 0.1) is 11.3 Å². The normalized spacial score (nSPS) is 13.6. The maximum Gasteiger partial charge on any atom is 0.330 e. The van der Waals surface area contributed by atoms with Gasteiger partial charge in [0, 0.05) is 18.0 Å². The van der Waals surface area contributed by atoms with E-state index < -0.39 is 11.4 Å². The highest BCUT2D eigenvalue weighted by atomic mass is 35.5. The van der Waals surface area contributed by atoms with Gasteiger partial charge in [-0.2, -0.15) is 5.26 Å². The summed E-state index contributed by atoms with van der Waals surface area (Å²) in [6.07, 6.45) is 2.88. The Morgan fingerprint density at radius 1 is 1.75 bits per heavy atom. The van der Waals surface area contributed by atoms with E-state index in [9.17, 15) is 4.79 Å². The first-order valence-corrected chi connectivity index (χ1v) is 5.12. The molecule has 0 N–H and O–H groups in total. The summed E-state index contributed by atoms with van der Waals surface area (Å²) in [5.74, 6) is -0.606. The fourth-order valence-electron chi connectivity index (χ4n) is 1.27. The summed E-state index contributed by atoms with van der Waals surface area (Å²) >= 11 is 5.91. The first-order valence-electron chi connectivity index (χ1n) is 4.74. The minimum Gasteiger partial charge on any atom is -0.465 e. The summed E-state index contributed by atoms with van der Waals surface area (Å²) in [5, 5.41) is 9.41. The number of halogens is 1. The van der Waals surface area contributed by atoms with Crippen molar-refractivity contribution in [2.75, 3.05) is 6.61 Å². The molecule has 0 aliphatic heterocycles. The highest BCUT2D eigenvalue weighted by Gasteiger charge is 2.38. The zero-order valence-corrected chi connectivity index (χ0v) is 9.78. The molecular formula is C11H11ClN2O2. The van der Waals surface area contributed by atoms with Crippen LogP contribution < -0.4 is 0 Å². The van der Waals surface area contributed by atoms with Crippen molar-refractivity contribution in [2.24, 2.45) is 0 Å². The smallest absolute Gasteiger partial charge is 0.330 e. The fraction of sp³-hybridized carbons (Fsp3) is 0.364. The molecule has 0 spiro atoms. The highest BCUT2D eigenvalue weighted by Crippen LogP contribution is 2.30. The number of hydrogen-bond acceptors (Lipinski definition) is 4. The standard InChI is InChI=1S/C11H11ClN2O2/c1-3-16-10(15)11(2,7-13)8-4-5-14-6-9(8)12/h4-6H,3H2,1-2H3. The van der Waals surface area contributed by atoms with E-state index >= 15 is 0 Å². The summed E-state index contributed by atoms with van der Waals surface area (Å²) in [5.41, 5.74) is -0.985. The molecule has 1 aromatic rings. The Morgan fingerprint density at radius 3 is 2.94 bits per heavy atom. The van der Waals surface area contributed by atoms with Crippen LogP contribution in [0.15, 0.2) is 18.5 Å². The number of carbonyl (C=O) groups excluding carboxylic acids is 1. The second-order valence-electron chi connectivity index (χ2n) is 3.31. The number of pyridine rings is 1. The lowest BCUT2D eigenvalue weighted by Crippen LogP contribution is -2.33. The molecule has 0 saturated heterocycles. The van der Waals surface area contributed by atoms with Crippen LogP contribution in [0.3, 0.4) is 0 Å². The molecule has 5 heteroatoms. The lowest BCUT2D eigenvalue weighted by atomic mass is 9.84. The van der Waals surface area contributed by atoms with Crippen LogP contribution in [0.25, 0.3) is 0 Å². The van der Waals surface area contributed by atoms with Gasteiger partial charge in [-0.15, -0.1) is 0 Å². The van der Waals surface area contributed by atoms with Crippen LogP contribution in [0.5, 0.6) is 0 Å². The molecule has 84 valence electrons. The maximum atomic E-state index is 11.7. The predicted molar refractivity (Wildman–Crippen MR) is 58.8 cm³/mol. The van der Waals surface area contributed by atoms with Gasteiger partial charge in [0.25, 0.3) is 0 Å². The van der Waals surface area contributed by atoms with Crippen LogP contribution >= 0.6 is 11.6 Å². The molecule has 0 bridgehead atoms. The van der Waals surface area contributed by atoms with Crippen molar-refractivity contribution in [1.29, 1.82) is 5.26 Å². The van der Waals surface area contributed by atoms with Gasteiger partial charge in [0.2, 0.25) is 0 Å². The molecule has 1 unspecified atom stereocenters. The van der Waals surface area contributed by atoms with Gasteiger partial charge in [0.05, 0.1) is 17.7 Å². The van der Waals surface area contributed by atoms with Gasteiger partial charge >= 0.3 is 5.97 Å². The Balaban J connectivity index is 3.21. The van der Waals surface area contributed by atoms with Gasteiger partial charge in [-0.3, -0.25) is 4.98 Å². The molecule has 0 aliphatic carbocycles. The van der Waals surface area contributed by atoms with E-state index in [2.05, 4.69) is 4.98 Å². The number of carbonyl (C=O) groups is 1. The molecule has 0 saturated carbocycles. The van der Waals surface area contributed by atoms with Gasteiger partial charge in [0.1, 0.15) is 0 Å². The highest BCUT2D eigenvalue weighted by molar-refractivity contribution is 6.31. The topological polar surface area (TPSA) is 63.0 Å². The van der Waals surface area contributed by atoms with E-state index in [1.807, 2.05) is 6.07 Å². The molecule has 1 rings (SSSR count). The zero-order chi connectivity index (χ0) is 12.2. The van der Waals surface area contributed by atoms with Crippen molar-refractivity contribution in [2.45, 2.75) is 19.3 Å². The number of nitriles is 1. The Bertz CT molecular complexity index is 442. The van der Waals surface area contributed by atoms with Crippen LogP contribution in [-0.4, -0.2) is 17.6 Å². The summed E-state index contributed by atoms with van der Waals surface area (Å²) in [6.45, 7) is 3.38. The van der Waals surface area contributed by atoms with Gasteiger partial charge in [0.15, 0.2) is 5.41 Å². The second-order valence-corrected chi connectivity index (χ2v) is 3.72. The number of nitrogens with zero attached hydrogens (tertiary/aromatic N) is 2. The lowest BCUT2D eigenvalue weighted by molar-refractivity contribution is -0.147. The number of aromatic nitrogens is 1. The van der Waals surface area contributed by atoms with E-state index in [1.165, 1.54) is 19.3 Å². The minimum absolute atomic E-state index is 0.221.